The summed E-state index contributed by atoms with van der Waals surface area (Å²) in [6.45, 7) is 0.262. The van der Waals surface area contributed by atoms with E-state index < -0.39 is 5.91 Å². The molecule has 94 valence electrons. The van der Waals surface area contributed by atoms with Crippen molar-refractivity contribution >= 4 is 5.91 Å². The molecule has 0 saturated carbocycles. The minimum absolute atomic E-state index is 0.00599. The molecule has 0 aliphatic rings. The maximum atomic E-state index is 11.6. The van der Waals surface area contributed by atoms with Crippen molar-refractivity contribution in [1.82, 2.24) is 9.90 Å². The number of carbonyl (C=O) groups excluding carboxylic acids is 1. The molecule has 6 nitrogen and oxygen atoms in total. The van der Waals surface area contributed by atoms with E-state index in [1.165, 1.54) is 12.1 Å². The first kappa shape index (κ1) is 12.6. The monoisotopic (exact) mass is 255 g/mol. The minimum atomic E-state index is -0.555. The topological polar surface area (TPSA) is 89.0 Å². The average molecular weight is 255 g/mol. The Morgan fingerprint density at radius 3 is 2.89 bits per heavy atom. The zero-order valence-corrected chi connectivity index (χ0v) is 9.97. The van der Waals surface area contributed by atoms with E-state index in [-0.39, 0.29) is 17.9 Å². The van der Waals surface area contributed by atoms with Crippen molar-refractivity contribution in [3.8, 4) is 5.75 Å². The third-order valence-corrected chi connectivity index (χ3v) is 2.25. The number of phenols is 1. The standard InChI is InChI=1S/C13H10N4O2/c18-12-6-3-4-10(8-12)13(19)16-17-15-9-11-5-1-2-7-14-11/h1-8H,9H2/p+1. The Morgan fingerprint density at radius 1 is 1.26 bits per heavy atom. The first-order valence-electron chi connectivity index (χ1n) is 5.56. The Kier molecular flexibility index (Phi) is 4.10. The van der Waals surface area contributed by atoms with Crippen LogP contribution in [0.25, 0.3) is 0 Å². The van der Waals surface area contributed by atoms with E-state index in [2.05, 4.69) is 20.1 Å². The van der Waals surface area contributed by atoms with Gasteiger partial charge in [0, 0.05) is 6.20 Å². The fraction of sp³-hybridized carbons (Fsp3) is 0.0769. The minimum Gasteiger partial charge on any atom is -0.508 e. The van der Waals surface area contributed by atoms with Crippen LogP contribution >= 0.6 is 0 Å². The molecule has 0 unspecified atom stereocenters. The first-order valence-corrected chi connectivity index (χ1v) is 5.56. The third-order valence-electron chi connectivity index (χ3n) is 2.25. The van der Waals surface area contributed by atoms with Gasteiger partial charge >= 0.3 is 5.91 Å². The highest BCUT2D eigenvalue weighted by Gasteiger charge is 2.09. The lowest BCUT2D eigenvalue weighted by Crippen LogP contribution is -1.94. The van der Waals surface area contributed by atoms with Crippen molar-refractivity contribution in [1.29, 1.82) is 0 Å². The lowest BCUT2D eigenvalue weighted by molar-refractivity contribution is 0.0992. The highest BCUT2D eigenvalue weighted by atomic mass is 16.3. The highest BCUT2D eigenvalue weighted by Crippen LogP contribution is 2.11. The molecule has 1 N–H and O–H groups in total. The first-order chi connectivity index (χ1) is 9.25. The molecule has 1 heterocycles. The zero-order valence-electron chi connectivity index (χ0n) is 9.97. The number of pyridine rings is 1. The number of hydrogen-bond acceptors (Lipinski definition) is 4. The van der Waals surface area contributed by atoms with Crippen LogP contribution in [0.5, 0.6) is 5.75 Å². The molecular formula is C13H11N4O2+. The molecular weight excluding hydrogens is 244 g/mol. The molecule has 0 bridgehead atoms. The van der Waals surface area contributed by atoms with Crippen LogP contribution in [0.15, 0.2) is 58.9 Å². The van der Waals surface area contributed by atoms with E-state index in [0.717, 1.165) is 5.69 Å². The lowest BCUT2D eigenvalue weighted by atomic mass is 10.2. The van der Waals surface area contributed by atoms with Gasteiger partial charge in [0.2, 0.25) is 10.0 Å². The van der Waals surface area contributed by atoms with Gasteiger partial charge in [-0.15, -0.1) is 0 Å². The molecule has 0 fully saturated rings. The van der Waals surface area contributed by atoms with Gasteiger partial charge in [0.05, 0.1) is 11.3 Å². The van der Waals surface area contributed by atoms with Crippen molar-refractivity contribution in [3.05, 3.63) is 59.9 Å². The molecule has 2 rings (SSSR count). The third kappa shape index (κ3) is 3.83. The van der Waals surface area contributed by atoms with Gasteiger partial charge in [-0.1, -0.05) is 12.1 Å². The van der Waals surface area contributed by atoms with Gasteiger partial charge in [-0.05, 0) is 30.3 Å². The van der Waals surface area contributed by atoms with Crippen LogP contribution in [-0.4, -0.2) is 16.0 Å². The summed E-state index contributed by atoms with van der Waals surface area (Å²) in [7, 11) is 0. The number of benzene rings is 1. The van der Waals surface area contributed by atoms with E-state index >= 15 is 0 Å². The van der Waals surface area contributed by atoms with Crippen LogP contribution in [0.4, 0.5) is 0 Å². The van der Waals surface area contributed by atoms with Crippen LogP contribution in [0.2, 0.25) is 0 Å². The molecule has 0 radical (unpaired) electrons. The summed E-state index contributed by atoms with van der Waals surface area (Å²) in [6.07, 6.45) is 1.65. The Morgan fingerprint density at radius 2 is 2.16 bits per heavy atom. The van der Waals surface area contributed by atoms with Crippen molar-refractivity contribution in [2.75, 3.05) is 0 Å². The summed E-state index contributed by atoms with van der Waals surface area (Å²) in [5.41, 5.74) is 1.00. The van der Waals surface area contributed by atoms with E-state index in [4.69, 9.17) is 0 Å². The molecule has 0 saturated heterocycles. The molecule has 0 atom stereocenters. The molecule has 2 aromatic rings. The van der Waals surface area contributed by atoms with Gasteiger partial charge in [-0.25, -0.2) is 0 Å². The number of phenolic OH excluding ortho intramolecular Hbond substituents is 1. The second-order valence-corrected chi connectivity index (χ2v) is 3.67. The van der Waals surface area contributed by atoms with Gasteiger partial charge in [0.1, 0.15) is 10.9 Å². The van der Waals surface area contributed by atoms with Crippen LogP contribution in [0, 0.1) is 0 Å². The Balaban J connectivity index is 2.01. The van der Waals surface area contributed by atoms with E-state index in [1.807, 2.05) is 6.07 Å². The largest absolute Gasteiger partial charge is 0.508 e. The van der Waals surface area contributed by atoms with Crippen LogP contribution < -0.4 is 4.91 Å². The van der Waals surface area contributed by atoms with Crippen molar-refractivity contribution in [2.45, 2.75) is 6.54 Å². The fourth-order valence-corrected chi connectivity index (χ4v) is 1.36. The van der Waals surface area contributed by atoms with Crippen LogP contribution in [-0.2, 0) is 6.54 Å². The Hall–Kier alpha value is -2.85. The fourth-order valence-electron chi connectivity index (χ4n) is 1.36. The van der Waals surface area contributed by atoms with Gasteiger partial charge in [0.15, 0.2) is 6.54 Å². The summed E-state index contributed by atoms with van der Waals surface area (Å²) in [6, 6.07) is 11.3. The van der Waals surface area contributed by atoms with Crippen LogP contribution in [0.1, 0.15) is 16.1 Å². The Labute approximate surface area is 109 Å². The molecule has 0 spiro atoms. The molecule has 19 heavy (non-hydrogen) atoms. The van der Waals surface area contributed by atoms with Gasteiger partial charge in [-0.3, -0.25) is 9.78 Å². The summed E-state index contributed by atoms with van der Waals surface area (Å²) in [5.74, 6) is -0.549. The number of amides is 1. The number of nitrogens with zero attached hydrogens (tertiary/aromatic N) is 4. The van der Waals surface area contributed by atoms with Crippen molar-refractivity contribution in [2.24, 2.45) is 10.2 Å². The van der Waals surface area contributed by atoms with Gasteiger partial charge in [-0.2, -0.15) is 0 Å². The zero-order chi connectivity index (χ0) is 13.5. The van der Waals surface area contributed by atoms with E-state index in [1.54, 1.807) is 30.5 Å². The molecule has 1 aromatic carbocycles. The average Bonchev–Trinajstić information content (AvgIpc) is 2.44. The highest BCUT2D eigenvalue weighted by molar-refractivity contribution is 5.94. The number of aromatic hydroxyl groups is 1. The lowest BCUT2D eigenvalue weighted by Gasteiger charge is -1.91. The number of hydrogen-bond donors (Lipinski definition) is 1. The van der Waals surface area contributed by atoms with Crippen LogP contribution in [0.3, 0.4) is 0 Å². The van der Waals surface area contributed by atoms with Gasteiger partial charge in [0.25, 0.3) is 0 Å². The van der Waals surface area contributed by atoms with Crippen molar-refractivity contribution < 1.29 is 9.90 Å². The number of carbonyl (C=O) groups is 1. The molecule has 6 heteroatoms. The second-order valence-electron chi connectivity index (χ2n) is 3.67. The molecule has 1 amide bonds. The van der Waals surface area contributed by atoms with E-state index in [9.17, 15) is 9.90 Å². The summed E-state index contributed by atoms with van der Waals surface area (Å²) >= 11 is 0. The number of rotatable bonds is 3. The predicted molar refractivity (Wildman–Crippen MR) is 67.4 cm³/mol. The van der Waals surface area contributed by atoms with Crippen molar-refractivity contribution in [3.63, 3.8) is 0 Å². The molecule has 1 aromatic heterocycles. The molecule has 0 aliphatic heterocycles. The van der Waals surface area contributed by atoms with Gasteiger partial charge < -0.3 is 5.11 Å². The Bertz CT molecular complexity index is 634. The maximum absolute atomic E-state index is 11.6. The predicted octanol–water partition coefficient (Wildman–Crippen LogP) is 2.10. The smallest absolute Gasteiger partial charge is 0.360 e. The quantitative estimate of drug-likeness (QED) is 0.672. The summed E-state index contributed by atoms with van der Waals surface area (Å²) in [4.78, 5) is 19.1. The SMILES string of the molecule is O=C(N=[N+]=NCc1ccccn1)c1cccc(O)c1. The maximum Gasteiger partial charge on any atom is 0.360 e. The van der Waals surface area contributed by atoms with E-state index in [0.29, 0.717) is 0 Å². The molecule has 0 aliphatic carbocycles. The summed E-state index contributed by atoms with van der Waals surface area (Å²) < 4.78 is 0. The normalized spacial score (nSPS) is 9.47. The second kappa shape index (κ2) is 6.18. The number of aromatic nitrogens is 1. The summed E-state index contributed by atoms with van der Waals surface area (Å²) in [5, 5.41) is 16.4.